The Hall–Kier alpha value is -2.71. The van der Waals surface area contributed by atoms with Gasteiger partial charge in [0, 0.05) is 15.5 Å². The van der Waals surface area contributed by atoms with E-state index in [0.29, 0.717) is 17.0 Å². The molecule has 2 N–H and O–H groups in total. The second-order valence-corrected chi connectivity index (χ2v) is 8.31. The molecule has 1 aromatic heterocycles. The Kier molecular flexibility index (Phi) is 7.00. The van der Waals surface area contributed by atoms with Crippen LogP contribution in [0.3, 0.4) is 0 Å². The van der Waals surface area contributed by atoms with Crippen molar-refractivity contribution in [3.63, 3.8) is 0 Å². The van der Waals surface area contributed by atoms with Crippen LogP contribution in [0.25, 0.3) is 0 Å². The van der Waals surface area contributed by atoms with E-state index in [1.807, 2.05) is 37.4 Å². The first kappa shape index (κ1) is 21.0. The maximum absolute atomic E-state index is 12.6. The first-order valence-electron chi connectivity index (χ1n) is 8.89. The van der Waals surface area contributed by atoms with Crippen LogP contribution < -0.4 is 15.4 Å². The fourth-order valence-corrected chi connectivity index (χ4v) is 3.70. The van der Waals surface area contributed by atoms with Gasteiger partial charge in [-0.05, 0) is 49.7 Å². The normalized spacial score (nSPS) is 10.4. The number of para-hydroxylation sites is 1. The number of amides is 2. The van der Waals surface area contributed by atoms with Crippen LogP contribution in [0.1, 0.15) is 26.6 Å². The van der Waals surface area contributed by atoms with Gasteiger partial charge in [0.05, 0.1) is 22.8 Å². The summed E-state index contributed by atoms with van der Waals surface area (Å²) in [5, 5.41) is 8.32. The molecule has 1 heterocycles. The summed E-state index contributed by atoms with van der Waals surface area (Å²) in [5.41, 5.74) is 2.81. The molecular weight excluding hydrogens is 454 g/mol. The Morgan fingerprint density at radius 2 is 1.97 bits per heavy atom. The molecule has 2 aromatic carbocycles. The minimum atomic E-state index is -0.377. The molecular formula is C21H20BrN3O3S. The van der Waals surface area contributed by atoms with E-state index in [4.69, 9.17) is 4.74 Å². The minimum Gasteiger partial charge on any atom is -0.486 e. The topological polar surface area (TPSA) is 80.3 Å². The molecule has 3 aromatic rings. The molecule has 0 saturated carbocycles. The highest BCUT2D eigenvalue weighted by Crippen LogP contribution is 2.21. The lowest BCUT2D eigenvalue weighted by Crippen LogP contribution is -2.33. The van der Waals surface area contributed by atoms with Gasteiger partial charge in [0.25, 0.3) is 5.91 Å². The Bertz CT molecular complexity index is 1040. The maximum atomic E-state index is 12.6. The molecule has 0 unspecified atom stereocenters. The largest absolute Gasteiger partial charge is 0.486 e. The van der Waals surface area contributed by atoms with Gasteiger partial charge in [0.1, 0.15) is 12.4 Å². The van der Waals surface area contributed by atoms with Crippen molar-refractivity contribution in [2.75, 3.05) is 11.9 Å². The molecule has 8 heteroatoms. The standard InChI is InChI=1S/C21H20BrN3O3S/c1-13-9-15(22)7-8-18(13)25-20(26)10-23-21(27)17-5-3-4-6-19(17)28-11-16-12-29-14(2)24-16/h3-9,12H,10-11H2,1-2H3,(H,23,27)(H,25,26). The number of thiazole rings is 1. The highest BCUT2D eigenvalue weighted by atomic mass is 79.9. The predicted octanol–water partition coefficient (Wildman–Crippen LogP) is 4.47. The number of nitrogens with zero attached hydrogens (tertiary/aromatic N) is 1. The summed E-state index contributed by atoms with van der Waals surface area (Å²) in [4.78, 5) is 29.1. The number of hydrogen-bond acceptors (Lipinski definition) is 5. The van der Waals surface area contributed by atoms with E-state index >= 15 is 0 Å². The number of anilines is 1. The number of aryl methyl sites for hydroxylation is 2. The van der Waals surface area contributed by atoms with Gasteiger partial charge < -0.3 is 15.4 Å². The van der Waals surface area contributed by atoms with E-state index < -0.39 is 0 Å². The van der Waals surface area contributed by atoms with Crippen molar-refractivity contribution in [2.24, 2.45) is 0 Å². The fraction of sp³-hybridized carbons (Fsp3) is 0.190. The van der Waals surface area contributed by atoms with E-state index in [1.54, 1.807) is 35.6 Å². The molecule has 0 fully saturated rings. The van der Waals surface area contributed by atoms with Gasteiger partial charge in [0.15, 0.2) is 0 Å². The van der Waals surface area contributed by atoms with Gasteiger partial charge in [-0.1, -0.05) is 28.1 Å². The summed E-state index contributed by atoms with van der Waals surface area (Å²) < 4.78 is 6.70. The average Bonchev–Trinajstić information content (AvgIpc) is 3.12. The van der Waals surface area contributed by atoms with E-state index in [2.05, 4.69) is 31.5 Å². The van der Waals surface area contributed by atoms with Crippen LogP contribution in [0.4, 0.5) is 5.69 Å². The zero-order valence-corrected chi connectivity index (χ0v) is 18.4. The first-order valence-corrected chi connectivity index (χ1v) is 10.6. The molecule has 0 aliphatic heterocycles. The molecule has 3 rings (SSSR count). The van der Waals surface area contributed by atoms with Crippen LogP contribution >= 0.6 is 27.3 Å². The lowest BCUT2D eigenvalue weighted by Gasteiger charge is -2.12. The van der Waals surface area contributed by atoms with E-state index in [-0.39, 0.29) is 25.0 Å². The third-order valence-corrected chi connectivity index (χ3v) is 5.36. The first-order chi connectivity index (χ1) is 13.9. The molecule has 0 spiro atoms. The number of ether oxygens (including phenoxy) is 1. The molecule has 0 atom stereocenters. The average molecular weight is 474 g/mol. The Morgan fingerprint density at radius 3 is 2.69 bits per heavy atom. The van der Waals surface area contributed by atoms with E-state index in [9.17, 15) is 9.59 Å². The van der Waals surface area contributed by atoms with Crippen LogP contribution in [0, 0.1) is 13.8 Å². The molecule has 0 aliphatic carbocycles. The second-order valence-electron chi connectivity index (χ2n) is 6.33. The number of aromatic nitrogens is 1. The highest BCUT2D eigenvalue weighted by molar-refractivity contribution is 9.10. The minimum absolute atomic E-state index is 0.145. The van der Waals surface area contributed by atoms with Gasteiger partial charge in [-0.25, -0.2) is 4.98 Å². The van der Waals surface area contributed by atoms with Crippen molar-refractivity contribution >= 4 is 44.8 Å². The number of carbonyl (C=O) groups excluding carboxylic acids is 2. The van der Waals surface area contributed by atoms with Gasteiger partial charge in [-0.15, -0.1) is 11.3 Å². The summed E-state index contributed by atoms with van der Waals surface area (Å²) >= 11 is 4.93. The molecule has 0 radical (unpaired) electrons. The molecule has 0 aliphatic rings. The van der Waals surface area contributed by atoms with Crippen molar-refractivity contribution in [1.82, 2.24) is 10.3 Å². The number of nitrogens with one attached hydrogen (secondary N) is 2. The third-order valence-electron chi connectivity index (χ3n) is 4.05. The number of carbonyl (C=O) groups is 2. The SMILES string of the molecule is Cc1nc(COc2ccccc2C(=O)NCC(=O)Nc2ccc(Br)cc2C)cs1. The zero-order valence-electron chi connectivity index (χ0n) is 16.0. The van der Waals surface area contributed by atoms with Crippen LogP contribution in [0.5, 0.6) is 5.75 Å². The fourth-order valence-electron chi connectivity index (χ4n) is 2.62. The monoisotopic (exact) mass is 473 g/mol. The number of halogens is 1. The summed E-state index contributed by atoms with van der Waals surface area (Å²) in [7, 11) is 0. The zero-order chi connectivity index (χ0) is 20.8. The summed E-state index contributed by atoms with van der Waals surface area (Å²) in [6.45, 7) is 3.96. The van der Waals surface area contributed by atoms with Gasteiger partial charge in [-0.2, -0.15) is 0 Å². The molecule has 29 heavy (non-hydrogen) atoms. The van der Waals surface area contributed by atoms with Gasteiger partial charge in [-0.3, -0.25) is 9.59 Å². The number of hydrogen-bond donors (Lipinski definition) is 2. The lowest BCUT2D eigenvalue weighted by molar-refractivity contribution is -0.115. The lowest BCUT2D eigenvalue weighted by atomic mass is 10.2. The third kappa shape index (κ3) is 5.88. The summed E-state index contributed by atoms with van der Waals surface area (Å²) in [6.07, 6.45) is 0. The van der Waals surface area contributed by atoms with E-state index in [0.717, 1.165) is 20.7 Å². The van der Waals surface area contributed by atoms with Crippen LogP contribution in [0.15, 0.2) is 52.3 Å². The van der Waals surface area contributed by atoms with Crippen molar-refractivity contribution in [1.29, 1.82) is 0 Å². The summed E-state index contributed by atoms with van der Waals surface area (Å²) in [5.74, 6) is -0.238. The Morgan fingerprint density at radius 1 is 1.17 bits per heavy atom. The predicted molar refractivity (Wildman–Crippen MR) is 117 cm³/mol. The number of benzene rings is 2. The highest BCUT2D eigenvalue weighted by Gasteiger charge is 2.14. The van der Waals surface area contributed by atoms with Crippen molar-refractivity contribution in [2.45, 2.75) is 20.5 Å². The molecule has 0 bridgehead atoms. The van der Waals surface area contributed by atoms with Crippen molar-refractivity contribution in [3.05, 3.63) is 74.1 Å². The number of rotatable bonds is 7. The van der Waals surface area contributed by atoms with Gasteiger partial charge in [0.2, 0.25) is 5.91 Å². The van der Waals surface area contributed by atoms with Crippen molar-refractivity contribution < 1.29 is 14.3 Å². The second kappa shape index (κ2) is 9.67. The van der Waals surface area contributed by atoms with E-state index in [1.165, 1.54) is 0 Å². The molecule has 0 saturated heterocycles. The van der Waals surface area contributed by atoms with Crippen LogP contribution in [-0.2, 0) is 11.4 Å². The smallest absolute Gasteiger partial charge is 0.255 e. The van der Waals surface area contributed by atoms with Crippen LogP contribution in [-0.4, -0.2) is 23.3 Å². The Balaban J connectivity index is 1.58. The molecule has 2 amide bonds. The maximum Gasteiger partial charge on any atom is 0.255 e. The van der Waals surface area contributed by atoms with Crippen LogP contribution in [0.2, 0.25) is 0 Å². The van der Waals surface area contributed by atoms with Crippen molar-refractivity contribution in [3.8, 4) is 5.75 Å². The summed E-state index contributed by atoms with van der Waals surface area (Å²) in [6, 6.07) is 12.5. The quantitative estimate of drug-likeness (QED) is 0.530. The Labute approximate surface area is 181 Å². The van der Waals surface area contributed by atoms with Gasteiger partial charge >= 0.3 is 0 Å². The molecule has 6 nitrogen and oxygen atoms in total. The molecule has 150 valence electrons.